The normalized spacial score (nSPS) is 12.4. The molecule has 0 saturated carbocycles. The van der Waals surface area contributed by atoms with Crippen LogP contribution < -0.4 is 5.73 Å². The highest BCUT2D eigenvalue weighted by Crippen LogP contribution is 2.28. The first-order valence-electron chi connectivity index (χ1n) is 4.79. The third-order valence-corrected chi connectivity index (χ3v) is 3.20. The summed E-state index contributed by atoms with van der Waals surface area (Å²) < 4.78 is 13.7. The monoisotopic (exact) mass is 280 g/mol. The van der Waals surface area contributed by atoms with Crippen LogP contribution in [0.5, 0.6) is 0 Å². The van der Waals surface area contributed by atoms with Gasteiger partial charge in [0.15, 0.2) is 0 Å². The lowest BCUT2D eigenvalue weighted by Gasteiger charge is -2.14. The molecule has 1 atom stereocenters. The number of benzene rings is 1. The van der Waals surface area contributed by atoms with E-state index in [-0.39, 0.29) is 11.9 Å². The van der Waals surface area contributed by atoms with Crippen LogP contribution in [0.3, 0.4) is 0 Å². The third-order valence-electron chi connectivity index (χ3n) is 2.36. The Kier molecular flexibility index (Phi) is 3.31. The third kappa shape index (κ3) is 2.13. The van der Waals surface area contributed by atoms with Gasteiger partial charge in [0, 0.05) is 12.4 Å². The van der Waals surface area contributed by atoms with Crippen LogP contribution in [0.1, 0.15) is 17.2 Å². The van der Waals surface area contributed by atoms with E-state index in [1.165, 1.54) is 6.07 Å². The van der Waals surface area contributed by atoms with Crippen LogP contribution in [-0.4, -0.2) is 4.98 Å². The predicted octanol–water partition coefficient (Wildman–Crippen LogP) is 3.03. The Labute approximate surface area is 101 Å². The van der Waals surface area contributed by atoms with Gasteiger partial charge in [-0.25, -0.2) is 4.39 Å². The van der Waals surface area contributed by atoms with E-state index in [2.05, 4.69) is 20.9 Å². The minimum absolute atomic E-state index is 0.308. The maximum absolute atomic E-state index is 13.3. The minimum Gasteiger partial charge on any atom is -0.320 e. The predicted molar refractivity (Wildman–Crippen MR) is 64.4 cm³/mol. The van der Waals surface area contributed by atoms with Gasteiger partial charge in [0.2, 0.25) is 0 Å². The Morgan fingerprint density at radius 2 is 2.06 bits per heavy atom. The number of nitrogens with zero attached hydrogens (tertiary/aromatic N) is 1. The molecule has 0 saturated heterocycles. The van der Waals surface area contributed by atoms with Crippen LogP contribution in [0.4, 0.5) is 4.39 Å². The SMILES string of the molecule is NC(c1cccnc1)c1cccc(F)c1Br. The van der Waals surface area contributed by atoms with Crippen molar-refractivity contribution in [3.63, 3.8) is 0 Å². The van der Waals surface area contributed by atoms with E-state index in [9.17, 15) is 4.39 Å². The van der Waals surface area contributed by atoms with Crippen molar-refractivity contribution >= 4 is 15.9 Å². The van der Waals surface area contributed by atoms with E-state index in [1.807, 2.05) is 12.1 Å². The summed E-state index contributed by atoms with van der Waals surface area (Å²) in [5.41, 5.74) is 7.62. The molecule has 0 aliphatic carbocycles. The number of aromatic nitrogens is 1. The molecule has 0 aliphatic rings. The average Bonchev–Trinajstić information content (AvgIpc) is 2.33. The smallest absolute Gasteiger partial charge is 0.137 e. The van der Waals surface area contributed by atoms with Crippen LogP contribution >= 0.6 is 15.9 Å². The summed E-state index contributed by atoms with van der Waals surface area (Å²) in [7, 11) is 0. The highest BCUT2D eigenvalue weighted by Gasteiger charge is 2.14. The van der Waals surface area contributed by atoms with Crippen LogP contribution in [0.15, 0.2) is 47.2 Å². The fourth-order valence-electron chi connectivity index (χ4n) is 1.50. The number of hydrogen-bond acceptors (Lipinski definition) is 2. The highest BCUT2D eigenvalue weighted by molar-refractivity contribution is 9.10. The second-order valence-electron chi connectivity index (χ2n) is 3.41. The van der Waals surface area contributed by atoms with Crippen molar-refractivity contribution in [1.82, 2.24) is 4.98 Å². The van der Waals surface area contributed by atoms with Crippen molar-refractivity contribution in [1.29, 1.82) is 0 Å². The van der Waals surface area contributed by atoms with Gasteiger partial charge in [-0.2, -0.15) is 0 Å². The summed E-state index contributed by atoms with van der Waals surface area (Å²) >= 11 is 3.20. The van der Waals surface area contributed by atoms with E-state index >= 15 is 0 Å². The summed E-state index contributed by atoms with van der Waals surface area (Å²) in [5.74, 6) is -0.308. The van der Waals surface area contributed by atoms with Gasteiger partial charge < -0.3 is 5.73 Å². The number of nitrogens with two attached hydrogens (primary N) is 1. The molecule has 2 rings (SSSR count). The Morgan fingerprint density at radius 1 is 1.25 bits per heavy atom. The van der Waals surface area contributed by atoms with Crippen LogP contribution in [0, 0.1) is 5.82 Å². The highest BCUT2D eigenvalue weighted by atomic mass is 79.9. The van der Waals surface area contributed by atoms with Gasteiger partial charge in [-0.3, -0.25) is 4.98 Å². The molecule has 0 fully saturated rings. The summed E-state index contributed by atoms with van der Waals surface area (Å²) in [4.78, 5) is 3.99. The van der Waals surface area contributed by atoms with E-state index < -0.39 is 0 Å². The van der Waals surface area contributed by atoms with Crippen molar-refractivity contribution in [2.75, 3.05) is 0 Å². The Balaban J connectivity index is 2.42. The molecule has 4 heteroatoms. The Bertz CT molecular complexity index is 488. The first-order valence-corrected chi connectivity index (χ1v) is 5.59. The summed E-state index contributed by atoms with van der Waals surface area (Å²) in [6.07, 6.45) is 3.36. The Morgan fingerprint density at radius 3 is 2.75 bits per heavy atom. The van der Waals surface area contributed by atoms with Gasteiger partial charge >= 0.3 is 0 Å². The fourth-order valence-corrected chi connectivity index (χ4v) is 2.01. The molecular formula is C12H10BrFN2. The quantitative estimate of drug-likeness (QED) is 0.919. The lowest BCUT2D eigenvalue weighted by atomic mass is 10.0. The van der Waals surface area contributed by atoms with Gasteiger partial charge in [-0.15, -0.1) is 0 Å². The molecular weight excluding hydrogens is 271 g/mol. The van der Waals surface area contributed by atoms with Crippen molar-refractivity contribution in [2.24, 2.45) is 5.73 Å². The van der Waals surface area contributed by atoms with Gasteiger partial charge in [-0.1, -0.05) is 18.2 Å². The number of pyridine rings is 1. The van der Waals surface area contributed by atoms with Crippen molar-refractivity contribution in [3.05, 3.63) is 64.1 Å². The molecule has 0 spiro atoms. The zero-order valence-corrected chi connectivity index (χ0v) is 9.99. The second kappa shape index (κ2) is 4.72. The summed E-state index contributed by atoms with van der Waals surface area (Å²) in [6, 6.07) is 8.14. The maximum atomic E-state index is 13.3. The fraction of sp³-hybridized carbons (Fsp3) is 0.0833. The van der Waals surface area contributed by atoms with Crippen LogP contribution in [0.2, 0.25) is 0 Å². The zero-order valence-electron chi connectivity index (χ0n) is 8.40. The zero-order chi connectivity index (χ0) is 11.5. The molecule has 1 unspecified atom stereocenters. The molecule has 1 heterocycles. The van der Waals surface area contributed by atoms with Crippen LogP contribution in [0.25, 0.3) is 0 Å². The van der Waals surface area contributed by atoms with Gasteiger partial charge in [0.1, 0.15) is 5.82 Å². The molecule has 2 N–H and O–H groups in total. The summed E-state index contributed by atoms with van der Waals surface area (Å²) in [5, 5.41) is 0. The van der Waals surface area contributed by atoms with Crippen molar-refractivity contribution in [2.45, 2.75) is 6.04 Å². The molecule has 0 aliphatic heterocycles. The average molecular weight is 281 g/mol. The largest absolute Gasteiger partial charge is 0.320 e. The molecule has 1 aromatic heterocycles. The summed E-state index contributed by atoms with van der Waals surface area (Å²) in [6.45, 7) is 0. The van der Waals surface area contributed by atoms with Gasteiger partial charge in [0.25, 0.3) is 0 Å². The van der Waals surface area contributed by atoms with Crippen molar-refractivity contribution < 1.29 is 4.39 Å². The molecule has 0 amide bonds. The molecule has 2 nitrogen and oxygen atoms in total. The molecule has 0 bridgehead atoms. The lowest BCUT2D eigenvalue weighted by molar-refractivity contribution is 0.616. The van der Waals surface area contributed by atoms with Gasteiger partial charge in [-0.05, 0) is 39.2 Å². The van der Waals surface area contributed by atoms with Crippen molar-refractivity contribution in [3.8, 4) is 0 Å². The number of hydrogen-bond donors (Lipinski definition) is 1. The topological polar surface area (TPSA) is 38.9 Å². The van der Waals surface area contributed by atoms with Gasteiger partial charge in [0.05, 0.1) is 10.5 Å². The van der Waals surface area contributed by atoms with E-state index in [0.29, 0.717) is 10.0 Å². The maximum Gasteiger partial charge on any atom is 0.137 e. The molecule has 2 aromatic rings. The minimum atomic E-state index is -0.376. The first kappa shape index (κ1) is 11.2. The molecule has 0 radical (unpaired) electrons. The standard InChI is InChI=1S/C12H10BrFN2/c13-11-9(4-1-5-10(11)14)12(15)8-3-2-6-16-7-8/h1-7,12H,15H2. The van der Waals surface area contributed by atoms with E-state index in [0.717, 1.165) is 5.56 Å². The lowest BCUT2D eigenvalue weighted by Crippen LogP contribution is -2.13. The Hall–Kier alpha value is -1.26. The van der Waals surface area contributed by atoms with E-state index in [1.54, 1.807) is 24.5 Å². The number of halogens is 2. The molecule has 1 aromatic carbocycles. The first-order chi connectivity index (χ1) is 7.70. The van der Waals surface area contributed by atoms with E-state index in [4.69, 9.17) is 5.73 Å². The number of rotatable bonds is 2. The second-order valence-corrected chi connectivity index (χ2v) is 4.20. The van der Waals surface area contributed by atoms with Crippen LogP contribution in [-0.2, 0) is 0 Å². The molecule has 16 heavy (non-hydrogen) atoms. The molecule has 82 valence electrons.